The molecule has 2 atom stereocenters. The van der Waals surface area contributed by atoms with Gasteiger partial charge in [-0.05, 0) is 31.7 Å². The molecule has 8 heteroatoms. The normalized spacial score (nSPS) is 17.2. The van der Waals surface area contributed by atoms with Crippen molar-refractivity contribution in [2.45, 2.75) is 51.6 Å². The molecule has 0 aliphatic heterocycles. The fourth-order valence-corrected chi connectivity index (χ4v) is 3.84. The maximum atomic E-state index is 12.8. The molecule has 4 N–H and O–H groups in total. The Bertz CT molecular complexity index is 885. The van der Waals surface area contributed by atoms with Gasteiger partial charge in [0.2, 0.25) is 5.91 Å². The van der Waals surface area contributed by atoms with Crippen molar-refractivity contribution < 1.29 is 19.5 Å². The minimum absolute atomic E-state index is 0.176. The number of hydrogen-bond donors (Lipinski definition) is 3. The fourth-order valence-electron chi connectivity index (χ4n) is 3.84. The van der Waals surface area contributed by atoms with E-state index < -0.39 is 29.7 Å². The second-order valence-electron chi connectivity index (χ2n) is 7.53. The molecule has 1 aliphatic carbocycles. The zero-order valence-electron chi connectivity index (χ0n) is 15.9. The Morgan fingerprint density at radius 2 is 1.93 bits per heavy atom. The lowest BCUT2D eigenvalue weighted by Crippen LogP contribution is -2.50. The lowest BCUT2D eigenvalue weighted by atomic mass is 9.89. The molecule has 1 heterocycles. The van der Waals surface area contributed by atoms with E-state index in [1.807, 2.05) is 22.9 Å². The van der Waals surface area contributed by atoms with E-state index in [9.17, 15) is 14.4 Å². The summed E-state index contributed by atoms with van der Waals surface area (Å²) in [6, 6.07) is 6.10. The number of benzene rings is 1. The third-order valence-corrected chi connectivity index (χ3v) is 5.51. The van der Waals surface area contributed by atoms with Crippen LogP contribution in [-0.4, -0.2) is 38.7 Å². The van der Waals surface area contributed by atoms with Crippen LogP contribution >= 0.6 is 0 Å². The molecule has 0 spiro atoms. The molecule has 3 rings (SSSR count). The van der Waals surface area contributed by atoms with Crippen molar-refractivity contribution in [3.05, 3.63) is 30.0 Å². The lowest BCUT2D eigenvalue weighted by molar-refractivity contribution is -0.144. The van der Waals surface area contributed by atoms with Gasteiger partial charge in [0.25, 0.3) is 5.91 Å². The van der Waals surface area contributed by atoms with E-state index in [1.54, 1.807) is 6.07 Å². The number of aromatic nitrogens is 2. The first-order valence-corrected chi connectivity index (χ1v) is 9.67. The largest absolute Gasteiger partial charge is 0.481 e. The summed E-state index contributed by atoms with van der Waals surface area (Å²) >= 11 is 0. The number of rotatable bonds is 7. The molecule has 0 saturated heterocycles. The summed E-state index contributed by atoms with van der Waals surface area (Å²) in [4.78, 5) is 35.7. The van der Waals surface area contributed by atoms with Crippen LogP contribution in [0.3, 0.4) is 0 Å². The van der Waals surface area contributed by atoms with E-state index >= 15 is 0 Å². The molecule has 1 aliphatic rings. The number of amides is 2. The van der Waals surface area contributed by atoms with Gasteiger partial charge in [-0.15, -0.1) is 0 Å². The number of para-hydroxylation sites is 1. The van der Waals surface area contributed by atoms with Gasteiger partial charge in [-0.2, -0.15) is 5.10 Å². The Hall–Kier alpha value is -2.90. The van der Waals surface area contributed by atoms with Gasteiger partial charge in [0.1, 0.15) is 6.04 Å². The SMILES string of the molecule is C[C@@H](C(=O)O)[C@@H](NC(=O)c1nn(CC2CCCCC2)c2ccccc12)C(N)=O. The molecule has 1 saturated carbocycles. The Labute approximate surface area is 163 Å². The minimum Gasteiger partial charge on any atom is -0.481 e. The van der Waals surface area contributed by atoms with Gasteiger partial charge in [-0.3, -0.25) is 19.1 Å². The van der Waals surface area contributed by atoms with Crippen molar-refractivity contribution in [2.24, 2.45) is 17.6 Å². The number of fused-ring (bicyclic) bond motifs is 1. The van der Waals surface area contributed by atoms with Gasteiger partial charge < -0.3 is 16.2 Å². The number of nitrogens with two attached hydrogens (primary N) is 1. The molecule has 2 amide bonds. The van der Waals surface area contributed by atoms with Crippen LogP contribution < -0.4 is 11.1 Å². The highest BCUT2D eigenvalue weighted by molar-refractivity contribution is 6.06. The summed E-state index contributed by atoms with van der Waals surface area (Å²) in [5.74, 6) is -3.32. The number of nitrogens with zero attached hydrogens (tertiary/aromatic N) is 2. The highest BCUT2D eigenvalue weighted by atomic mass is 16.4. The molecule has 150 valence electrons. The van der Waals surface area contributed by atoms with Crippen LogP contribution in [0.15, 0.2) is 24.3 Å². The number of nitrogens with one attached hydrogen (secondary N) is 1. The van der Waals surface area contributed by atoms with Crippen LogP contribution in [-0.2, 0) is 16.1 Å². The second-order valence-corrected chi connectivity index (χ2v) is 7.53. The quantitative estimate of drug-likeness (QED) is 0.670. The van der Waals surface area contributed by atoms with E-state index in [0.29, 0.717) is 11.3 Å². The average Bonchev–Trinajstić information content (AvgIpc) is 3.04. The van der Waals surface area contributed by atoms with E-state index in [0.717, 1.165) is 24.9 Å². The summed E-state index contributed by atoms with van der Waals surface area (Å²) in [5, 5.41) is 16.8. The Morgan fingerprint density at radius 3 is 2.57 bits per heavy atom. The average molecular weight is 386 g/mol. The number of carbonyl (C=O) groups excluding carboxylic acids is 2. The molecular formula is C20H26N4O4. The predicted octanol–water partition coefficient (Wildman–Crippen LogP) is 1.92. The standard InChI is InChI=1S/C20H26N4O4/c1-12(20(27)28)16(18(21)25)22-19(26)17-14-9-5-6-10-15(14)24(23-17)11-13-7-3-2-4-8-13/h5-6,9-10,12-13,16H,2-4,7-8,11H2,1H3,(H2,21,25)(H,22,26)(H,27,28)/t12-,16-/m1/s1. The van der Waals surface area contributed by atoms with Gasteiger partial charge in [-0.25, -0.2) is 0 Å². The Morgan fingerprint density at radius 1 is 1.25 bits per heavy atom. The highest BCUT2D eigenvalue weighted by Crippen LogP contribution is 2.27. The number of hydrogen-bond acceptors (Lipinski definition) is 4. The Kier molecular flexibility index (Phi) is 5.96. The van der Waals surface area contributed by atoms with Crippen molar-refractivity contribution in [2.75, 3.05) is 0 Å². The molecule has 0 bridgehead atoms. The van der Waals surface area contributed by atoms with Crippen molar-refractivity contribution in [3.63, 3.8) is 0 Å². The van der Waals surface area contributed by atoms with Crippen molar-refractivity contribution >= 4 is 28.7 Å². The third kappa shape index (κ3) is 4.16. The molecule has 2 aromatic rings. The summed E-state index contributed by atoms with van der Waals surface area (Å²) in [5.41, 5.74) is 6.32. The maximum Gasteiger partial charge on any atom is 0.308 e. The van der Waals surface area contributed by atoms with Crippen LogP contribution in [0.4, 0.5) is 0 Å². The van der Waals surface area contributed by atoms with Gasteiger partial charge in [0.15, 0.2) is 5.69 Å². The monoisotopic (exact) mass is 386 g/mol. The molecule has 1 aromatic heterocycles. The summed E-state index contributed by atoms with van der Waals surface area (Å²) in [6.07, 6.45) is 5.99. The van der Waals surface area contributed by atoms with Gasteiger partial charge in [0, 0.05) is 11.9 Å². The van der Waals surface area contributed by atoms with Crippen LogP contribution in [0.2, 0.25) is 0 Å². The van der Waals surface area contributed by atoms with Crippen LogP contribution in [0.5, 0.6) is 0 Å². The zero-order valence-corrected chi connectivity index (χ0v) is 15.9. The van der Waals surface area contributed by atoms with E-state index in [1.165, 1.54) is 26.2 Å². The zero-order chi connectivity index (χ0) is 20.3. The molecule has 0 unspecified atom stereocenters. The highest BCUT2D eigenvalue weighted by Gasteiger charge is 2.31. The first kappa shape index (κ1) is 19.9. The van der Waals surface area contributed by atoms with E-state index in [-0.39, 0.29) is 5.69 Å². The minimum atomic E-state index is -1.31. The molecule has 8 nitrogen and oxygen atoms in total. The number of carbonyl (C=O) groups is 3. The molecule has 0 radical (unpaired) electrons. The summed E-state index contributed by atoms with van der Waals surface area (Å²) < 4.78 is 1.85. The van der Waals surface area contributed by atoms with E-state index in [4.69, 9.17) is 10.8 Å². The Balaban J connectivity index is 1.88. The second kappa shape index (κ2) is 8.41. The number of aliphatic carboxylic acids is 1. The van der Waals surface area contributed by atoms with Gasteiger partial charge >= 0.3 is 5.97 Å². The van der Waals surface area contributed by atoms with Crippen molar-refractivity contribution in [3.8, 4) is 0 Å². The molecule has 1 aromatic carbocycles. The van der Waals surface area contributed by atoms with Crippen LogP contribution in [0.25, 0.3) is 10.9 Å². The van der Waals surface area contributed by atoms with Crippen LogP contribution in [0, 0.1) is 11.8 Å². The van der Waals surface area contributed by atoms with Crippen LogP contribution in [0.1, 0.15) is 49.5 Å². The third-order valence-electron chi connectivity index (χ3n) is 5.51. The number of carboxylic acids is 1. The molecular weight excluding hydrogens is 360 g/mol. The van der Waals surface area contributed by atoms with Crippen molar-refractivity contribution in [1.29, 1.82) is 0 Å². The first-order chi connectivity index (χ1) is 13.4. The predicted molar refractivity (Wildman–Crippen MR) is 104 cm³/mol. The fraction of sp³-hybridized carbons (Fsp3) is 0.500. The van der Waals surface area contributed by atoms with E-state index in [2.05, 4.69) is 10.4 Å². The number of primary amides is 1. The maximum absolute atomic E-state index is 12.8. The van der Waals surface area contributed by atoms with Gasteiger partial charge in [0.05, 0.1) is 11.4 Å². The summed E-state index contributed by atoms with van der Waals surface area (Å²) in [7, 11) is 0. The van der Waals surface area contributed by atoms with Crippen molar-refractivity contribution in [1.82, 2.24) is 15.1 Å². The summed E-state index contributed by atoms with van der Waals surface area (Å²) in [6.45, 7) is 2.07. The smallest absolute Gasteiger partial charge is 0.308 e. The lowest BCUT2D eigenvalue weighted by Gasteiger charge is -2.21. The molecule has 1 fully saturated rings. The number of carboxylic acid groups (broad SMARTS) is 1. The van der Waals surface area contributed by atoms with Gasteiger partial charge in [-0.1, -0.05) is 37.5 Å². The topological polar surface area (TPSA) is 127 Å². The first-order valence-electron chi connectivity index (χ1n) is 9.67. The molecule has 28 heavy (non-hydrogen) atoms.